The van der Waals surface area contributed by atoms with Crippen molar-refractivity contribution in [2.45, 2.75) is 38.8 Å². The van der Waals surface area contributed by atoms with Crippen LogP contribution in [0.2, 0.25) is 5.02 Å². The highest BCUT2D eigenvalue weighted by molar-refractivity contribution is 6.30. The fraction of sp³-hybridized carbons (Fsp3) is 0.333. The second-order valence-corrected chi connectivity index (χ2v) is 5.83. The molecule has 0 aliphatic heterocycles. The lowest BCUT2D eigenvalue weighted by Gasteiger charge is -2.34. The zero-order valence-corrected chi connectivity index (χ0v) is 14.7. The van der Waals surface area contributed by atoms with Crippen molar-refractivity contribution >= 4 is 29.7 Å². The van der Waals surface area contributed by atoms with E-state index < -0.39 is 0 Å². The minimum atomic E-state index is -0.0325. The number of hydrogen-bond acceptors (Lipinski definition) is 2. The fourth-order valence-corrected chi connectivity index (χ4v) is 2.88. The third kappa shape index (κ3) is 4.39. The highest BCUT2D eigenvalue weighted by Gasteiger charge is 2.27. The largest absolute Gasteiger partial charge is 0.399 e. The molecule has 0 unspecified atom stereocenters. The van der Waals surface area contributed by atoms with Crippen molar-refractivity contribution in [2.24, 2.45) is 0 Å². The van der Waals surface area contributed by atoms with Crippen molar-refractivity contribution in [1.29, 1.82) is 0 Å². The summed E-state index contributed by atoms with van der Waals surface area (Å²) >= 11 is 6.00. The van der Waals surface area contributed by atoms with Gasteiger partial charge in [-0.25, -0.2) is 0 Å². The summed E-state index contributed by atoms with van der Waals surface area (Å²) in [5.74, 6) is 0. The van der Waals surface area contributed by atoms with Crippen LogP contribution in [0.1, 0.15) is 37.8 Å². The lowest BCUT2D eigenvalue weighted by molar-refractivity contribution is 0.305. The van der Waals surface area contributed by atoms with Gasteiger partial charge in [-0.2, -0.15) is 0 Å². The minimum Gasteiger partial charge on any atom is -0.399 e. The van der Waals surface area contributed by atoms with E-state index in [9.17, 15) is 0 Å². The van der Waals surface area contributed by atoms with Crippen molar-refractivity contribution in [2.75, 3.05) is 5.73 Å². The second kappa shape index (κ2) is 8.42. The van der Waals surface area contributed by atoms with E-state index >= 15 is 0 Å². The van der Waals surface area contributed by atoms with Gasteiger partial charge in [-0.05, 0) is 48.2 Å². The van der Waals surface area contributed by atoms with E-state index in [-0.39, 0.29) is 17.9 Å². The molecule has 0 saturated carbocycles. The van der Waals surface area contributed by atoms with E-state index in [0.717, 1.165) is 30.1 Å². The molecule has 120 valence electrons. The summed E-state index contributed by atoms with van der Waals surface area (Å²) in [6.45, 7) is 5.23. The zero-order chi connectivity index (χ0) is 15.3. The smallest absolute Gasteiger partial charge is 0.0431 e. The Morgan fingerprint density at radius 3 is 2.23 bits per heavy atom. The Morgan fingerprint density at radius 1 is 1.05 bits per heavy atom. The predicted molar refractivity (Wildman–Crippen MR) is 98.7 cm³/mol. The van der Waals surface area contributed by atoms with Gasteiger partial charge in [-0.15, -0.1) is 12.4 Å². The number of anilines is 1. The summed E-state index contributed by atoms with van der Waals surface area (Å²) in [5, 5.41) is 4.49. The molecular formula is C18H24Cl2N2. The summed E-state index contributed by atoms with van der Waals surface area (Å²) in [6.07, 6.45) is 2.04. The van der Waals surface area contributed by atoms with Crippen LogP contribution in [-0.2, 0) is 12.1 Å². The molecule has 0 atom stereocenters. The lowest BCUT2D eigenvalue weighted by Crippen LogP contribution is -2.40. The zero-order valence-electron chi connectivity index (χ0n) is 13.1. The van der Waals surface area contributed by atoms with Gasteiger partial charge in [0.1, 0.15) is 0 Å². The van der Waals surface area contributed by atoms with Gasteiger partial charge in [0.25, 0.3) is 0 Å². The Morgan fingerprint density at radius 2 is 1.68 bits per heavy atom. The number of nitrogen functional groups attached to an aromatic ring is 1. The molecule has 0 aliphatic rings. The number of benzene rings is 2. The maximum Gasteiger partial charge on any atom is 0.0431 e. The molecule has 0 heterocycles. The quantitative estimate of drug-likeness (QED) is 0.714. The Labute approximate surface area is 144 Å². The summed E-state index contributed by atoms with van der Waals surface area (Å²) in [7, 11) is 0. The monoisotopic (exact) mass is 338 g/mol. The summed E-state index contributed by atoms with van der Waals surface area (Å²) in [5.41, 5.74) is 9.10. The normalized spacial score (nSPS) is 11.0. The molecule has 3 N–H and O–H groups in total. The molecule has 0 radical (unpaired) electrons. The van der Waals surface area contributed by atoms with Crippen LogP contribution in [0.25, 0.3) is 0 Å². The Balaban J connectivity index is 0.00000242. The van der Waals surface area contributed by atoms with E-state index in [1.165, 1.54) is 11.1 Å². The maximum absolute atomic E-state index is 6.00. The number of halogens is 2. The number of nitrogens with one attached hydrogen (secondary N) is 1. The van der Waals surface area contributed by atoms with Crippen LogP contribution in [0.4, 0.5) is 5.69 Å². The van der Waals surface area contributed by atoms with Crippen molar-refractivity contribution in [3.63, 3.8) is 0 Å². The molecule has 0 bridgehead atoms. The van der Waals surface area contributed by atoms with Crippen molar-refractivity contribution in [1.82, 2.24) is 5.32 Å². The molecule has 0 amide bonds. The van der Waals surface area contributed by atoms with Crippen molar-refractivity contribution in [3.05, 3.63) is 64.7 Å². The predicted octanol–water partition coefficient (Wildman–Crippen LogP) is 5.15. The molecule has 2 aromatic rings. The van der Waals surface area contributed by atoms with Crippen LogP contribution >= 0.6 is 24.0 Å². The molecule has 0 spiro atoms. The Kier molecular flexibility index (Phi) is 7.21. The molecule has 2 nitrogen and oxygen atoms in total. The molecule has 0 aromatic heterocycles. The van der Waals surface area contributed by atoms with Gasteiger partial charge in [0.05, 0.1) is 0 Å². The summed E-state index contributed by atoms with van der Waals surface area (Å²) < 4.78 is 0. The molecule has 22 heavy (non-hydrogen) atoms. The first-order valence-corrected chi connectivity index (χ1v) is 7.83. The Bertz CT molecular complexity index is 578. The van der Waals surface area contributed by atoms with Gasteiger partial charge in [0.15, 0.2) is 0 Å². The third-order valence-electron chi connectivity index (χ3n) is 4.19. The van der Waals surface area contributed by atoms with E-state index in [0.29, 0.717) is 0 Å². The number of hydrogen-bond donors (Lipinski definition) is 2. The first-order chi connectivity index (χ1) is 10.1. The van der Waals surface area contributed by atoms with Gasteiger partial charge in [0, 0.05) is 22.8 Å². The first-order valence-electron chi connectivity index (χ1n) is 7.45. The van der Waals surface area contributed by atoms with Gasteiger partial charge >= 0.3 is 0 Å². The van der Waals surface area contributed by atoms with Gasteiger partial charge < -0.3 is 11.1 Å². The molecule has 0 aliphatic carbocycles. The van der Waals surface area contributed by atoms with Gasteiger partial charge in [-0.1, -0.05) is 49.7 Å². The van der Waals surface area contributed by atoms with Crippen molar-refractivity contribution in [3.8, 4) is 0 Å². The van der Waals surface area contributed by atoms with Crippen LogP contribution < -0.4 is 11.1 Å². The Hall–Kier alpha value is -1.22. The van der Waals surface area contributed by atoms with Crippen LogP contribution in [-0.4, -0.2) is 0 Å². The first kappa shape index (κ1) is 18.8. The van der Waals surface area contributed by atoms with E-state index in [2.05, 4.69) is 37.4 Å². The molecule has 0 saturated heterocycles. The topological polar surface area (TPSA) is 38.0 Å². The maximum atomic E-state index is 6.00. The van der Waals surface area contributed by atoms with E-state index in [4.69, 9.17) is 17.3 Å². The van der Waals surface area contributed by atoms with Gasteiger partial charge in [-0.3, -0.25) is 0 Å². The van der Waals surface area contributed by atoms with Crippen LogP contribution in [0, 0.1) is 0 Å². The molecular weight excluding hydrogens is 315 g/mol. The minimum absolute atomic E-state index is 0. The average Bonchev–Trinajstić information content (AvgIpc) is 2.50. The van der Waals surface area contributed by atoms with E-state index in [1.54, 1.807) is 0 Å². The fourth-order valence-electron chi connectivity index (χ4n) is 2.75. The highest BCUT2D eigenvalue weighted by atomic mass is 35.5. The van der Waals surface area contributed by atoms with Crippen LogP contribution in [0.15, 0.2) is 48.5 Å². The molecule has 2 rings (SSSR count). The molecule has 0 fully saturated rings. The van der Waals surface area contributed by atoms with E-state index in [1.807, 2.05) is 30.3 Å². The van der Waals surface area contributed by atoms with Crippen LogP contribution in [0.3, 0.4) is 0 Å². The number of rotatable bonds is 6. The molecule has 4 heteroatoms. The third-order valence-corrected chi connectivity index (χ3v) is 4.44. The van der Waals surface area contributed by atoms with Crippen LogP contribution in [0.5, 0.6) is 0 Å². The van der Waals surface area contributed by atoms with Crippen molar-refractivity contribution < 1.29 is 0 Å². The number of nitrogens with two attached hydrogens (primary N) is 1. The lowest BCUT2D eigenvalue weighted by atomic mass is 9.84. The SMILES string of the molecule is CCC(CC)(NCc1cccc(N)c1)c1ccc(Cl)cc1.Cl. The summed E-state index contributed by atoms with van der Waals surface area (Å²) in [6, 6.07) is 16.2. The molecule has 2 aromatic carbocycles. The average molecular weight is 339 g/mol. The highest BCUT2D eigenvalue weighted by Crippen LogP contribution is 2.30. The van der Waals surface area contributed by atoms with Gasteiger partial charge in [0.2, 0.25) is 0 Å². The standard InChI is InChI=1S/C18H23ClN2.ClH/c1-3-18(4-2,15-8-10-16(19)11-9-15)21-13-14-6-5-7-17(20)12-14;/h5-12,21H,3-4,13,20H2,1-2H3;1H. The second-order valence-electron chi connectivity index (χ2n) is 5.39. The summed E-state index contributed by atoms with van der Waals surface area (Å²) in [4.78, 5) is 0.